The van der Waals surface area contributed by atoms with Gasteiger partial charge in [-0.1, -0.05) is 0 Å². The molecule has 1 heterocycles. The molecule has 1 aromatic rings. The molecular formula is C7H10N2O2Se. The summed E-state index contributed by atoms with van der Waals surface area (Å²) in [5.74, 6) is 0. The minimum atomic E-state index is -0.355. The van der Waals surface area contributed by atoms with Crippen LogP contribution in [0.2, 0.25) is 0 Å². The van der Waals surface area contributed by atoms with E-state index >= 15 is 0 Å². The van der Waals surface area contributed by atoms with Crippen LogP contribution in [-0.4, -0.2) is 37.4 Å². The van der Waals surface area contributed by atoms with Gasteiger partial charge < -0.3 is 0 Å². The molecule has 0 saturated heterocycles. The zero-order chi connectivity index (χ0) is 9.14. The first kappa shape index (κ1) is 9.29. The van der Waals surface area contributed by atoms with Crippen molar-refractivity contribution >= 4 is 21.7 Å². The van der Waals surface area contributed by atoms with Crippen molar-refractivity contribution in [3.8, 4) is 0 Å². The van der Waals surface area contributed by atoms with Crippen LogP contribution in [0.5, 0.6) is 0 Å². The van der Waals surface area contributed by atoms with Crippen molar-refractivity contribution in [2.24, 2.45) is 7.05 Å². The molecule has 0 bridgehead atoms. The molecule has 0 saturated carbocycles. The number of carbonyl (C=O) groups excluding carboxylic acids is 1. The molecule has 0 amide bonds. The quantitative estimate of drug-likeness (QED) is 0.663. The van der Waals surface area contributed by atoms with Crippen LogP contribution in [0.1, 0.15) is 6.92 Å². The Kier molecular flexibility index (Phi) is 2.89. The molecule has 0 atom stereocenters. The number of nitrogens with zero attached hydrogens (tertiary/aromatic N) is 2. The Morgan fingerprint density at radius 2 is 2.33 bits per heavy atom. The molecule has 1 aromatic heterocycles. The molecule has 0 radical (unpaired) electrons. The Bertz CT molecular complexity index is 339. The summed E-state index contributed by atoms with van der Waals surface area (Å²) in [6.07, 6.45) is 3.08. The van der Waals surface area contributed by atoms with Crippen LogP contribution in [-0.2, 0) is 11.8 Å². The van der Waals surface area contributed by atoms with Crippen molar-refractivity contribution in [3.63, 3.8) is 0 Å². The summed E-state index contributed by atoms with van der Waals surface area (Å²) in [7, 11) is 1.85. The summed E-state index contributed by atoms with van der Waals surface area (Å²) >= 11 is 2.78. The van der Waals surface area contributed by atoms with Gasteiger partial charge in [0.2, 0.25) is 0 Å². The van der Waals surface area contributed by atoms with E-state index in [9.17, 15) is 4.79 Å². The molecule has 0 unspecified atom stereocenters. The predicted octanol–water partition coefficient (Wildman–Crippen LogP) is 0.532. The first-order valence-corrected chi connectivity index (χ1v) is 4.43. The molecule has 5 heteroatoms. The molecule has 0 spiro atoms. The summed E-state index contributed by atoms with van der Waals surface area (Å²) < 4.78 is 8.77. The number of hydrogen-bond acceptors (Lipinski definition) is 2. The monoisotopic (exact) mass is 234 g/mol. The van der Waals surface area contributed by atoms with Crippen LogP contribution in [0.3, 0.4) is 0 Å². The second-order valence-corrected chi connectivity index (χ2v) is 3.03. The Hall–Kier alpha value is -0.801. The molecule has 4 nitrogen and oxygen atoms in total. The van der Waals surface area contributed by atoms with Gasteiger partial charge in [0.05, 0.1) is 0 Å². The van der Waals surface area contributed by atoms with E-state index in [1.807, 2.05) is 7.05 Å². The first-order valence-electron chi connectivity index (χ1n) is 3.58. The fraction of sp³-hybridized carbons (Fsp3) is 0.429. The van der Waals surface area contributed by atoms with Crippen molar-refractivity contribution in [1.82, 2.24) is 9.13 Å². The van der Waals surface area contributed by atoms with E-state index in [2.05, 4.69) is 15.6 Å². The number of rotatable bonds is 1. The van der Waals surface area contributed by atoms with Gasteiger partial charge in [-0.25, -0.2) is 0 Å². The molecule has 12 heavy (non-hydrogen) atoms. The van der Waals surface area contributed by atoms with Crippen LogP contribution in [0, 0.1) is 4.32 Å². The summed E-state index contributed by atoms with van der Waals surface area (Å²) in [6.45, 7) is 2.17. The number of ether oxygens (including phenoxy) is 1. The van der Waals surface area contributed by atoms with Crippen molar-refractivity contribution in [2.75, 3.05) is 6.61 Å². The summed E-state index contributed by atoms with van der Waals surface area (Å²) in [5, 5.41) is 0. The van der Waals surface area contributed by atoms with Gasteiger partial charge in [-0.15, -0.1) is 0 Å². The second kappa shape index (κ2) is 3.74. The second-order valence-electron chi connectivity index (χ2n) is 2.26. The van der Waals surface area contributed by atoms with E-state index in [4.69, 9.17) is 4.74 Å². The number of imidazole rings is 1. The van der Waals surface area contributed by atoms with Crippen molar-refractivity contribution in [1.29, 1.82) is 0 Å². The minimum absolute atomic E-state index is 0.355. The Morgan fingerprint density at radius 3 is 2.75 bits per heavy atom. The van der Waals surface area contributed by atoms with Crippen LogP contribution in [0.25, 0.3) is 0 Å². The average molecular weight is 233 g/mol. The van der Waals surface area contributed by atoms with Crippen molar-refractivity contribution in [3.05, 3.63) is 16.7 Å². The third-order valence-corrected chi connectivity index (χ3v) is 2.43. The molecule has 66 valence electrons. The fourth-order valence-corrected chi connectivity index (χ4v) is 1.21. The van der Waals surface area contributed by atoms with Gasteiger partial charge in [0, 0.05) is 0 Å². The van der Waals surface area contributed by atoms with Crippen LogP contribution >= 0.6 is 0 Å². The van der Waals surface area contributed by atoms with Crippen molar-refractivity contribution in [2.45, 2.75) is 6.92 Å². The van der Waals surface area contributed by atoms with E-state index in [0.717, 1.165) is 4.32 Å². The average Bonchev–Trinajstić information content (AvgIpc) is 2.34. The maximum atomic E-state index is 11.2. The zero-order valence-corrected chi connectivity index (χ0v) is 8.69. The van der Waals surface area contributed by atoms with E-state index < -0.39 is 0 Å². The number of aromatic nitrogens is 2. The standard InChI is InChI=1S/C7H10N2O2Se/c1-3-11-7(10)9-5-4-8(2)6(9)12/h4-5H,3H2,1-2H3. The number of carbonyl (C=O) groups is 1. The summed E-state index contributed by atoms with van der Waals surface area (Å²) in [6, 6.07) is 0. The van der Waals surface area contributed by atoms with E-state index in [-0.39, 0.29) is 6.09 Å². The van der Waals surface area contributed by atoms with Crippen LogP contribution in [0.15, 0.2) is 12.4 Å². The molecule has 0 aromatic carbocycles. The van der Waals surface area contributed by atoms with Gasteiger partial charge in [-0.3, -0.25) is 0 Å². The van der Waals surface area contributed by atoms with Gasteiger partial charge in [0.1, 0.15) is 0 Å². The van der Waals surface area contributed by atoms with Crippen molar-refractivity contribution < 1.29 is 9.53 Å². The van der Waals surface area contributed by atoms with E-state index in [1.165, 1.54) is 4.57 Å². The molecule has 0 aliphatic carbocycles. The first-order chi connectivity index (χ1) is 5.66. The maximum absolute atomic E-state index is 11.2. The van der Waals surface area contributed by atoms with Crippen LogP contribution in [0.4, 0.5) is 4.79 Å². The van der Waals surface area contributed by atoms with Gasteiger partial charge >= 0.3 is 77.6 Å². The Morgan fingerprint density at radius 1 is 1.67 bits per heavy atom. The number of aryl methyl sites for hydroxylation is 1. The van der Waals surface area contributed by atoms with Gasteiger partial charge in [0.15, 0.2) is 0 Å². The third kappa shape index (κ3) is 1.68. The molecule has 0 aliphatic rings. The SMILES string of the molecule is CCOC(=O)n1ccn(C)c1=[Se]. The normalized spacial score (nSPS) is 9.83. The Labute approximate surface area is 78.1 Å². The molecule has 1 rings (SSSR count). The molecule has 0 aliphatic heterocycles. The molecule has 0 fully saturated rings. The Balaban J connectivity index is 2.96. The molecule has 0 N–H and O–H groups in total. The van der Waals surface area contributed by atoms with Gasteiger partial charge in [0.25, 0.3) is 0 Å². The fourth-order valence-electron chi connectivity index (χ4n) is 0.796. The molecular weight excluding hydrogens is 223 g/mol. The van der Waals surface area contributed by atoms with E-state index in [1.54, 1.807) is 23.9 Å². The van der Waals surface area contributed by atoms with Gasteiger partial charge in [-0.05, 0) is 0 Å². The number of hydrogen-bond donors (Lipinski definition) is 0. The third-order valence-electron chi connectivity index (χ3n) is 1.41. The zero-order valence-electron chi connectivity index (χ0n) is 6.98. The van der Waals surface area contributed by atoms with Crippen LogP contribution < -0.4 is 0 Å². The topological polar surface area (TPSA) is 36.2 Å². The van der Waals surface area contributed by atoms with E-state index in [0.29, 0.717) is 6.61 Å². The predicted molar refractivity (Wildman–Crippen MR) is 44.8 cm³/mol. The summed E-state index contributed by atoms with van der Waals surface area (Å²) in [5.41, 5.74) is 0. The summed E-state index contributed by atoms with van der Waals surface area (Å²) in [4.78, 5) is 11.2. The van der Waals surface area contributed by atoms with Gasteiger partial charge in [-0.2, -0.15) is 0 Å².